The molecule has 1 aromatic heterocycles. The average Bonchev–Trinajstić information content (AvgIpc) is 2.71. The number of oxazole rings is 1. The molecule has 0 spiro atoms. The first kappa shape index (κ1) is 10.3. The van der Waals surface area contributed by atoms with E-state index < -0.39 is 6.10 Å². The molecule has 4 heteroatoms. The Morgan fingerprint density at radius 1 is 1.40 bits per heavy atom. The van der Waals surface area contributed by atoms with Crippen LogP contribution in [0.5, 0.6) is 0 Å². The number of aromatic nitrogens is 1. The Kier molecular flexibility index (Phi) is 3.08. The van der Waals surface area contributed by atoms with Gasteiger partial charge in [-0.2, -0.15) is 0 Å². The van der Waals surface area contributed by atoms with Crippen molar-refractivity contribution in [3.8, 4) is 0 Å². The fraction of sp³-hybridized carbons (Fsp3) is 0.182. The zero-order valence-electron chi connectivity index (χ0n) is 8.25. The van der Waals surface area contributed by atoms with Crippen LogP contribution in [-0.2, 0) is 0 Å². The lowest BCUT2D eigenvalue weighted by atomic mass is 10.1. The average molecular weight is 221 g/mol. The fourth-order valence-electron chi connectivity index (χ4n) is 1.27. The normalized spacial score (nSPS) is 12.7. The maximum absolute atomic E-state index is 9.57. The molecular weight excluding hydrogens is 210 g/mol. The Hall–Kier alpha value is -1.26. The maximum atomic E-state index is 9.57. The standard InChI is InChI=1S/C11H11NO2S/c1-8(13)9-4-2-3-5-10(9)15-11-12-6-7-14-11/h2-8,13H,1H3. The second-order valence-corrected chi connectivity index (χ2v) is 4.11. The monoisotopic (exact) mass is 221 g/mol. The van der Waals surface area contributed by atoms with Crippen molar-refractivity contribution in [3.05, 3.63) is 42.3 Å². The summed E-state index contributed by atoms with van der Waals surface area (Å²) in [6.45, 7) is 1.74. The van der Waals surface area contributed by atoms with Gasteiger partial charge in [0.15, 0.2) is 0 Å². The van der Waals surface area contributed by atoms with E-state index in [0.29, 0.717) is 5.22 Å². The van der Waals surface area contributed by atoms with E-state index in [4.69, 9.17) is 4.42 Å². The highest BCUT2D eigenvalue weighted by molar-refractivity contribution is 7.99. The van der Waals surface area contributed by atoms with E-state index >= 15 is 0 Å². The van der Waals surface area contributed by atoms with Crippen LogP contribution in [-0.4, -0.2) is 10.1 Å². The van der Waals surface area contributed by atoms with E-state index in [1.165, 1.54) is 18.0 Å². The summed E-state index contributed by atoms with van der Waals surface area (Å²) in [4.78, 5) is 4.99. The number of hydrogen-bond acceptors (Lipinski definition) is 4. The van der Waals surface area contributed by atoms with Crippen LogP contribution in [0.1, 0.15) is 18.6 Å². The predicted octanol–water partition coefficient (Wildman–Crippen LogP) is 2.88. The van der Waals surface area contributed by atoms with Crippen molar-refractivity contribution in [2.75, 3.05) is 0 Å². The number of rotatable bonds is 3. The summed E-state index contributed by atoms with van der Waals surface area (Å²) in [5.41, 5.74) is 0.890. The predicted molar refractivity (Wildman–Crippen MR) is 57.7 cm³/mol. The Labute approximate surface area is 92.1 Å². The van der Waals surface area contributed by atoms with E-state index in [0.717, 1.165) is 10.5 Å². The van der Waals surface area contributed by atoms with Gasteiger partial charge in [-0.1, -0.05) is 18.2 Å². The number of nitrogens with zero attached hydrogens (tertiary/aromatic N) is 1. The summed E-state index contributed by atoms with van der Waals surface area (Å²) >= 11 is 1.41. The summed E-state index contributed by atoms with van der Waals surface area (Å²) in [5.74, 6) is 0. The molecule has 0 saturated heterocycles. The number of hydrogen-bond donors (Lipinski definition) is 1. The Morgan fingerprint density at radius 2 is 2.20 bits per heavy atom. The molecule has 1 aromatic carbocycles. The minimum Gasteiger partial charge on any atom is -0.440 e. The molecule has 0 aliphatic heterocycles. The van der Waals surface area contributed by atoms with Gasteiger partial charge >= 0.3 is 0 Å². The van der Waals surface area contributed by atoms with Gasteiger partial charge in [-0.05, 0) is 30.3 Å². The van der Waals surface area contributed by atoms with Gasteiger partial charge in [-0.3, -0.25) is 0 Å². The molecule has 0 radical (unpaired) electrons. The zero-order valence-corrected chi connectivity index (χ0v) is 9.07. The highest BCUT2D eigenvalue weighted by Crippen LogP contribution is 2.31. The Morgan fingerprint density at radius 3 is 2.87 bits per heavy atom. The van der Waals surface area contributed by atoms with Gasteiger partial charge < -0.3 is 9.52 Å². The second-order valence-electron chi connectivity index (χ2n) is 3.11. The van der Waals surface area contributed by atoms with Gasteiger partial charge in [0.25, 0.3) is 5.22 Å². The lowest BCUT2D eigenvalue weighted by molar-refractivity contribution is 0.196. The van der Waals surface area contributed by atoms with Gasteiger partial charge in [0.2, 0.25) is 0 Å². The molecule has 0 amide bonds. The van der Waals surface area contributed by atoms with Crippen molar-refractivity contribution in [1.29, 1.82) is 0 Å². The van der Waals surface area contributed by atoms with Crippen LogP contribution >= 0.6 is 11.8 Å². The third-order valence-electron chi connectivity index (χ3n) is 1.98. The van der Waals surface area contributed by atoms with E-state index in [1.807, 2.05) is 24.3 Å². The third kappa shape index (κ3) is 2.40. The SMILES string of the molecule is CC(O)c1ccccc1Sc1ncco1. The minimum absolute atomic E-state index is 0.483. The number of benzene rings is 1. The van der Waals surface area contributed by atoms with Gasteiger partial charge in [-0.25, -0.2) is 4.98 Å². The van der Waals surface area contributed by atoms with Crippen molar-refractivity contribution < 1.29 is 9.52 Å². The lowest BCUT2D eigenvalue weighted by Gasteiger charge is -2.09. The summed E-state index contributed by atoms with van der Waals surface area (Å²) in [6, 6.07) is 7.67. The number of aliphatic hydroxyl groups excluding tert-OH is 1. The van der Waals surface area contributed by atoms with Crippen LogP contribution in [0.2, 0.25) is 0 Å². The molecule has 0 aliphatic carbocycles. The van der Waals surface area contributed by atoms with Crippen LogP contribution in [0.4, 0.5) is 0 Å². The summed E-state index contributed by atoms with van der Waals surface area (Å²) in [7, 11) is 0. The van der Waals surface area contributed by atoms with Crippen LogP contribution in [0.3, 0.4) is 0 Å². The molecule has 15 heavy (non-hydrogen) atoms. The molecule has 0 bridgehead atoms. The molecule has 1 atom stereocenters. The van der Waals surface area contributed by atoms with E-state index in [9.17, 15) is 5.11 Å². The summed E-state index contributed by atoms with van der Waals surface area (Å²) in [6.07, 6.45) is 2.66. The molecule has 1 N–H and O–H groups in total. The minimum atomic E-state index is -0.483. The summed E-state index contributed by atoms with van der Waals surface area (Å²) in [5, 5.41) is 10.2. The highest BCUT2D eigenvalue weighted by atomic mass is 32.2. The molecule has 3 nitrogen and oxygen atoms in total. The largest absolute Gasteiger partial charge is 0.440 e. The first-order chi connectivity index (χ1) is 7.27. The number of aliphatic hydroxyl groups is 1. The van der Waals surface area contributed by atoms with E-state index in [1.54, 1.807) is 13.1 Å². The van der Waals surface area contributed by atoms with Crippen molar-refractivity contribution in [3.63, 3.8) is 0 Å². The molecule has 0 fully saturated rings. The maximum Gasteiger partial charge on any atom is 0.260 e. The topological polar surface area (TPSA) is 46.3 Å². The zero-order chi connectivity index (χ0) is 10.7. The summed E-state index contributed by atoms with van der Waals surface area (Å²) < 4.78 is 5.14. The quantitative estimate of drug-likeness (QED) is 0.865. The molecule has 2 aromatic rings. The van der Waals surface area contributed by atoms with Gasteiger partial charge in [-0.15, -0.1) is 0 Å². The smallest absolute Gasteiger partial charge is 0.260 e. The molecule has 78 valence electrons. The van der Waals surface area contributed by atoms with E-state index in [-0.39, 0.29) is 0 Å². The Balaban J connectivity index is 2.28. The lowest BCUT2D eigenvalue weighted by Crippen LogP contribution is -1.93. The first-order valence-electron chi connectivity index (χ1n) is 4.61. The molecule has 1 heterocycles. The van der Waals surface area contributed by atoms with E-state index in [2.05, 4.69) is 4.98 Å². The highest BCUT2D eigenvalue weighted by Gasteiger charge is 2.10. The van der Waals surface area contributed by atoms with Crippen molar-refractivity contribution in [2.24, 2.45) is 0 Å². The molecule has 0 saturated carbocycles. The van der Waals surface area contributed by atoms with Crippen LogP contribution in [0.15, 0.2) is 51.3 Å². The van der Waals surface area contributed by atoms with Gasteiger partial charge in [0.1, 0.15) is 6.26 Å². The van der Waals surface area contributed by atoms with Crippen molar-refractivity contribution >= 4 is 11.8 Å². The third-order valence-corrected chi connectivity index (χ3v) is 2.94. The molecule has 2 rings (SSSR count). The molecule has 0 aliphatic rings. The van der Waals surface area contributed by atoms with Crippen LogP contribution in [0, 0.1) is 0 Å². The van der Waals surface area contributed by atoms with Crippen molar-refractivity contribution in [2.45, 2.75) is 23.1 Å². The fourth-order valence-corrected chi connectivity index (χ4v) is 2.18. The first-order valence-corrected chi connectivity index (χ1v) is 5.43. The van der Waals surface area contributed by atoms with Crippen molar-refractivity contribution in [1.82, 2.24) is 4.98 Å². The van der Waals surface area contributed by atoms with Crippen LogP contribution < -0.4 is 0 Å². The van der Waals surface area contributed by atoms with Crippen LogP contribution in [0.25, 0.3) is 0 Å². The second kappa shape index (κ2) is 4.51. The Bertz CT molecular complexity index is 426. The van der Waals surface area contributed by atoms with Gasteiger partial charge in [0.05, 0.1) is 12.3 Å². The van der Waals surface area contributed by atoms with Gasteiger partial charge in [0, 0.05) is 4.90 Å². The molecule has 1 unspecified atom stereocenters. The molecular formula is C11H11NO2S.